The predicted octanol–water partition coefficient (Wildman–Crippen LogP) is -1.47. The Bertz CT molecular complexity index is 774. The van der Waals surface area contributed by atoms with Gasteiger partial charge in [-0.15, -0.1) is 0 Å². The topological polar surface area (TPSA) is 154 Å². The lowest BCUT2D eigenvalue weighted by atomic mass is 10.0. The first-order valence-electron chi connectivity index (χ1n) is 6.47. The fourth-order valence-corrected chi connectivity index (χ4v) is 2.29. The van der Waals surface area contributed by atoms with Gasteiger partial charge in [0.25, 0.3) is 11.7 Å². The summed E-state index contributed by atoms with van der Waals surface area (Å²) >= 11 is 0. The van der Waals surface area contributed by atoms with Crippen molar-refractivity contribution >= 4 is 40.9 Å². The second-order valence-corrected chi connectivity index (χ2v) is 4.92. The third-order valence-corrected chi connectivity index (χ3v) is 3.38. The molecule has 2 atom stereocenters. The summed E-state index contributed by atoms with van der Waals surface area (Å²) in [7, 11) is 0. The van der Waals surface area contributed by atoms with E-state index in [2.05, 4.69) is 10.6 Å². The van der Waals surface area contributed by atoms with Gasteiger partial charge in [0.15, 0.2) is 5.92 Å². The number of imide groups is 1. The number of nitrogens with one attached hydrogen (secondary N) is 4. The number of ketones is 1. The molecule has 10 nitrogen and oxygen atoms in total. The zero-order chi connectivity index (χ0) is 16.7. The van der Waals surface area contributed by atoms with Crippen molar-refractivity contribution in [1.29, 1.82) is 0 Å². The van der Waals surface area contributed by atoms with Gasteiger partial charge in [-0.05, 0) is 18.2 Å². The lowest BCUT2D eigenvalue weighted by Gasteiger charge is -2.26. The number of hydrogen-bond acceptors (Lipinski definition) is 6. The molecule has 2 aliphatic heterocycles. The molecule has 23 heavy (non-hydrogen) atoms. The molecule has 2 aliphatic rings. The summed E-state index contributed by atoms with van der Waals surface area (Å²) < 4.78 is 0. The Kier molecular flexibility index (Phi) is 3.30. The maximum Gasteiger partial charge on any atom is 0.323 e. The Labute approximate surface area is 128 Å². The molecule has 1 aromatic carbocycles. The van der Waals surface area contributed by atoms with Crippen molar-refractivity contribution in [2.45, 2.75) is 6.23 Å². The van der Waals surface area contributed by atoms with Crippen LogP contribution in [0.15, 0.2) is 18.2 Å². The number of anilines is 2. The van der Waals surface area contributed by atoms with E-state index >= 15 is 0 Å². The number of rotatable bonds is 2. The molecular weight excluding hydrogens is 308 g/mol. The van der Waals surface area contributed by atoms with E-state index in [4.69, 9.17) is 0 Å². The summed E-state index contributed by atoms with van der Waals surface area (Å²) in [6, 6.07) is 3.21. The van der Waals surface area contributed by atoms with Gasteiger partial charge < -0.3 is 21.1 Å². The van der Waals surface area contributed by atoms with E-state index in [-0.39, 0.29) is 11.3 Å². The number of aliphatic hydroxyl groups is 1. The number of aliphatic hydroxyl groups excluding tert-OH is 1. The summed E-state index contributed by atoms with van der Waals surface area (Å²) in [6.07, 6.45) is -1.67. The minimum absolute atomic E-state index is 0.0924. The predicted molar refractivity (Wildman–Crippen MR) is 74.2 cm³/mol. The van der Waals surface area contributed by atoms with Crippen molar-refractivity contribution in [2.24, 2.45) is 5.92 Å². The minimum Gasteiger partial charge on any atom is -0.372 e. The molecular formula is C13H10N4O6. The molecule has 5 N–H and O–H groups in total. The minimum atomic E-state index is -1.67. The van der Waals surface area contributed by atoms with Crippen LogP contribution >= 0.6 is 0 Å². The van der Waals surface area contributed by atoms with Crippen LogP contribution in [0.4, 0.5) is 16.2 Å². The van der Waals surface area contributed by atoms with Crippen molar-refractivity contribution in [2.75, 3.05) is 10.6 Å². The van der Waals surface area contributed by atoms with Gasteiger partial charge in [-0.25, -0.2) is 4.79 Å². The zero-order valence-electron chi connectivity index (χ0n) is 11.4. The summed E-state index contributed by atoms with van der Waals surface area (Å²) in [4.78, 5) is 57.6. The quantitative estimate of drug-likeness (QED) is 0.331. The van der Waals surface area contributed by atoms with Crippen LogP contribution in [-0.2, 0) is 14.4 Å². The van der Waals surface area contributed by atoms with Crippen LogP contribution in [0.25, 0.3) is 0 Å². The first-order chi connectivity index (χ1) is 10.9. The first kappa shape index (κ1) is 14.7. The molecule has 0 spiro atoms. The van der Waals surface area contributed by atoms with Gasteiger partial charge in [0.2, 0.25) is 11.8 Å². The summed E-state index contributed by atoms with van der Waals surface area (Å²) in [5.41, 5.74) is 0.575. The Morgan fingerprint density at radius 2 is 1.87 bits per heavy atom. The van der Waals surface area contributed by atoms with E-state index in [0.717, 1.165) is 0 Å². The van der Waals surface area contributed by atoms with Crippen molar-refractivity contribution < 1.29 is 29.1 Å². The van der Waals surface area contributed by atoms with Crippen LogP contribution in [0.5, 0.6) is 0 Å². The molecule has 0 aromatic heterocycles. The molecule has 5 amide bonds. The average Bonchev–Trinajstić information content (AvgIpc) is 2.73. The number of fused-ring (bicyclic) bond motifs is 1. The van der Waals surface area contributed by atoms with Crippen molar-refractivity contribution in [1.82, 2.24) is 10.6 Å². The van der Waals surface area contributed by atoms with E-state index in [1.54, 1.807) is 0 Å². The van der Waals surface area contributed by atoms with E-state index in [1.807, 2.05) is 10.6 Å². The van der Waals surface area contributed by atoms with Gasteiger partial charge in [-0.3, -0.25) is 24.5 Å². The molecule has 1 fully saturated rings. The van der Waals surface area contributed by atoms with Gasteiger partial charge in [0, 0.05) is 5.69 Å². The highest BCUT2D eigenvalue weighted by Gasteiger charge is 2.40. The van der Waals surface area contributed by atoms with Crippen LogP contribution < -0.4 is 21.3 Å². The average molecular weight is 318 g/mol. The molecule has 0 radical (unpaired) electrons. The Morgan fingerprint density at radius 1 is 1.13 bits per heavy atom. The molecule has 2 heterocycles. The van der Waals surface area contributed by atoms with Crippen LogP contribution in [0.1, 0.15) is 10.4 Å². The highest BCUT2D eigenvalue weighted by atomic mass is 16.3. The summed E-state index contributed by atoms with van der Waals surface area (Å²) in [6.45, 7) is 0. The van der Waals surface area contributed by atoms with E-state index in [0.29, 0.717) is 5.69 Å². The number of benzene rings is 1. The van der Waals surface area contributed by atoms with E-state index in [9.17, 15) is 29.1 Å². The van der Waals surface area contributed by atoms with Crippen LogP contribution in [0.2, 0.25) is 0 Å². The number of hydrogen-bond donors (Lipinski definition) is 5. The largest absolute Gasteiger partial charge is 0.372 e. The number of amides is 5. The molecule has 0 aliphatic carbocycles. The lowest BCUT2D eigenvalue weighted by molar-refractivity contribution is -0.138. The molecule has 2 unspecified atom stereocenters. The summed E-state index contributed by atoms with van der Waals surface area (Å²) in [5, 5.41) is 18.2. The normalized spacial score (nSPS) is 22.8. The number of urea groups is 1. The van der Waals surface area contributed by atoms with E-state index < -0.39 is 41.7 Å². The smallest absolute Gasteiger partial charge is 0.323 e. The Balaban J connectivity index is 1.79. The van der Waals surface area contributed by atoms with E-state index in [1.165, 1.54) is 18.2 Å². The Hall–Kier alpha value is -3.27. The van der Waals surface area contributed by atoms with Gasteiger partial charge in [0.1, 0.15) is 6.23 Å². The zero-order valence-corrected chi connectivity index (χ0v) is 11.4. The molecule has 3 rings (SSSR count). The second kappa shape index (κ2) is 5.18. The highest BCUT2D eigenvalue weighted by molar-refractivity contribution is 6.51. The Morgan fingerprint density at radius 3 is 2.57 bits per heavy atom. The number of carbonyl (C=O) groups is 5. The maximum absolute atomic E-state index is 12.1. The monoisotopic (exact) mass is 318 g/mol. The molecule has 118 valence electrons. The fourth-order valence-electron chi connectivity index (χ4n) is 2.29. The molecule has 1 saturated heterocycles. The first-order valence-corrected chi connectivity index (χ1v) is 6.47. The third-order valence-electron chi connectivity index (χ3n) is 3.38. The lowest BCUT2D eigenvalue weighted by Crippen LogP contribution is -2.61. The van der Waals surface area contributed by atoms with Gasteiger partial charge in [0.05, 0.1) is 11.3 Å². The second-order valence-electron chi connectivity index (χ2n) is 4.92. The maximum atomic E-state index is 12.1. The summed E-state index contributed by atoms with van der Waals surface area (Å²) in [5.74, 6) is -4.88. The molecule has 1 aromatic rings. The van der Waals surface area contributed by atoms with Crippen molar-refractivity contribution in [3.8, 4) is 0 Å². The van der Waals surface area contributed by atoms with Gasteiger partial charge in [-0.2, -0.15) is 0 Å². The van der Waals surface area contributed by atoms with Crippen molar-refractivity contribution in [3.63, 3.8) is 0 Å². The SMILES string of the molecule is O=C1NC(=O)C(C(=O)Nc2ccc3c(c2)C(=O)C(=O)N3)C(O)N1. The molecule has 10 heteroatoms. The van der Waals surface area contributed by atoms with Crippen LogP contribution in [0, 0.1) is 5.92 Å². The standard InChI is InChI=1S/C13H10N4O6/c18-8-5-3-4(1-2-6(5)15-12(8)22)14-9(19)7-10(20)16-13(23)17-11(7)21/h1-3,7,10,20H,(H,14,19)(H,15,18,22)(H2,16,17,21,23). The van der Waals surface area contributed by atoms with Gasteiger partial charge in [-0.1, -0.05) is 0 Å². The number of carbonyl (C=O) groups excluding carboxylic acids is 5. The van der Waals surface area contributed by atoms with Crippen LogP contribution in [0.3, 0.4) is 0 Å². The third kappa shape index (κ3) is 2.51. The molecule has 0 bridgehead atoms. The van der Waals surface area contributed by atoms with Crippen LogP contribution in [-0.4, -0.2) is 40.9 Å². The highest BCUT2D eigenvalue weighted by Crippen LogP contribution is 2.26. The molecule has 0 saturated carbocycles. The van der Waals surface area contributed by atoms with Gasteiger partial charge >= 0.3 is 6.03 Å². The fraction of sp³-hybridized carbons (Fsp3) is 0.154. The van der Waals surface area contributed by atoms with Crippen molar-refractivity contribution in [3.05, 3.63) is 23.8 Å². The number of Topliss-reactive ketones (excluding diaryl/α,β-unsaturated/α-hetero) is 1.